The fourth-order valence-electron chi connectivity index (χ4n) is 1.71. The molecular formula is C13H12FN3O3. The lowest BCUT2D eigenvalue weighted by molar-refractivity contribution is -0.385. The zero-order valence-electron chi connectivity index (χ0n) is 10.9. The second-order valence-electron chi connectivity index (χ2n) is 4.32. The van der Waals surface area contributed by atoms with Crippen LogP contribution in [-0.4, -0.2) is 9.91 Å². The number of hydrogen-bond acceptors (Lipinski definition) is 5. The molecule has 1 aromatic carbocycles. The van der Waals surface area contributed by atoms with Crippen LogP contribution in [0, 0.1) is 29.8 Å². The number of nitro groups is 1. The Balaban J connectivity index is 2.39. The summed E-state index contributed by atoms with van der Waals surface area (Å²) in [6, 6.07) is 3.74. The number of nitrogens with two attached hydrogens (primary N) is 1. The van der Waals surface area contributed by atoms with Crippen LogP contribution >= 0.6 is 0 Å². The topological polar surface area (TPSA) is 91.3 Å². The highest BCUT2D eigenvalue weighted by Crippen LogP contribution is 2.31. The van der Waals surface area contributed by atoms with Gasteiger partial charge in [-0.25, -0.2) is 9.37 Å². The number of hydrogen-bond donors (Lipinski definition) is 1. The second kappa shape index (κ2) is 5.12. The van der Waals surface area contributed by atoms with Gasteiger partial charge < -0.3 is 10.5 Å². The molecule has 0 spiro atoms. The maximum Gasteiger partial charge on any atom is 0.275 e. The first-order chi connectivity index (χ1) is 9.38. The molecule has 0 fully saturated rings. The molecule has 0 atom stereocenters. The smallest absolute Gasteiger partial charge is 0.275 e. The van der Waals surface area contributed by atoms with Gasteiger partial charge >= 0.3 is 0 Å². The normalized spacial score (nSPS) is 10.3. The summed E-state index contributed by atoms with van der Waals surface area (Å²) in [6.07, 6.45) is 1.39. The number of pyridine rings is 1. The lowest BCUT2D eigenvalue weighted by Gasteiger charge is -2.09. The highest BCUT2D eigenvalue weighted by Gasteiger charge is 2.17. The van der Waals surface area contributed by atoms with E-state index in [0.717, 1.165) is 6.07 Å². The Hall–Kier alpha value is -2.70. The number of rotatable bonds is 3. The van der Waals surface area contributed by atoms with Gasteiger partial charge in [-0.2, -0.15) is 0 Å². The van der Waals surface area contributed by atoms with Gasteiger partial charge in [0.1, 0.15) is 0 Å². The molecule has 0 saturated carbocycles. The number of ether oxygens (including phenoxy) is 1. The van der Waals surface area contributed by atoms with Gasteiger partial charge in [0.05, 0.1) is 22.9 Å². The van der Waals surface area contributed by atoms with Crippen LogP contribution in [0.5, 0.6) is 11.6 Å². The molecule has 0 radical (unpaired) electrons. The summed E-state index contributed by atoms with van der Waals surface area (Å²) in [6.45, 7) is 3.22. The number of nitrogen functional groups attached to an aromatic ring is 1. The van der Waals surface area contributed by atoms with Crippen LogP contribution in [0.2, 0.25) is 0 Å². The predicted molar refractivity (Wildman–Crippen MR) is 71.3 cm³/mol. The number of benzene rings is 1. The fraction of sp³-hybridized carbons (Fsp3) is 0.154. The van der Waals surface area contributed by atoms with Crippen LogP contribution in [0.15, 0.2) is 24.4 Å². The van der Waals surface area contributed by atoms with Gasteiger partial charge in [0.2, 0.25) is 5.88 Å². The molecule has 0 saturated heterocycles. The highest BCUT2D eigenvalue weighted by atomic mass is 19.1. The maximum absolute atomic E-state index is 13.8. The van der Waals surface area contributed by atoms with E-state index in [1.807, 2.05) is 0 Å². The van der Waals surface area contributed by atoms with Crippen molar-refractivity contribution in [2.24, 2.45) is 0 Å². The monoisotopic (exact) mass is 277 g/mol. The third-order valence-electron chi connectivity index (χ3n) is 2.71. The Morgan fingerprint density at radius 2 is 2.00 bits per heavy atom. The molecule has 0 aliphatic rings. The van der Waals surface area contributed by atoms with Gasteiger partial charge in [-0.05, 0) is 26.0 Å². The molecule has 2 aromatic rings. The van der Waals surface area contributed by atoms with Crippen LogP contribution in [-0.2, 0) is 0 Å². The summed E-state index contributed by atoms with van der Waals surface area (Å²) in [5.74, 6) is -0.736. The molecule has 2 N–H and O–H groups in total. The molecule has 20 heavy (non-hydrogen) atoms. The third kappa shape index (κ3) is 2.66. The highest BCUT2D eigenvalue weighted by molar-refractivity contribution is 5.48. The van der Waals surface area contributed by atoms with Crippen molar-refractivity contribution >= 4 is 11.4 Å². The van der Waals surface area contributed by atoms with Crippen LogP contribution in [0.25, 0.3) is 0 Å². The molecule has 7 heteroatoms. The number of aryl methyl sites for hydroxylation is 2. The molecule has 0 aliphatic carbocycles. The Morgan fingerprint density at radius 1 is 1.30 bits per heavy atom. The van der Waals surface area contributed by atoms with Crippen LogP contribution in [0.3, 0.4) is 0 Å². The minimum absolute atomic E-state index is 0.117. The van der Waals surface area contributed by atoms with Crippen molar-refractivity contribution in [2.45, 2.75) is 13.8 Å². The van der Waals surface area contributed by atoms with Crippen molar-refractivity contribution in [3.05, 3.63) is 51.5 Å². The average Bonchev–Trinajstić information content (AvgIpc) is 2.36. The van der Waals surface area contributed by atoms with Crippen LogP contribution < -0.4 is 10.5 Å². The first-order valence-electron chi connectivity index (χ1n) is 5.73. The van der Waals surface area contributed by atoms with Crippen molar-refractivity contribution < 1.29 is 14.1 Å². The van der Waals surface area contributed by atoms with E-state index in [9.17, 15) is 14.5 Å². The van der Waals surface area contributed by atoms with Crippen molar-refractivity contribution in [3.8, 4) is 11.6 Å². The van der Waals surface area contributed by atoms with Crippen molar-refractivity contribution in [1.29, 1.82) is 0 Å². The molecule has 0 amide bonds. The maximum atomic E-state index is 13.8. The van der Waals surface area contributed by atoms with Gasteiger partial charge in [-0.1, -0.05) is 0 Å². The summed E-state index contributed by atoms with van der Waals surface area (Å²) < 4.78 is 19.2. The predicted octanol–water partition coefficient (Wildman–Crippen LogP) is 3.12. The van der Waals surface area contributed by atoms with E-state index < -0.39 is 10.7 Å². The number of nitro benzene ring substituents is 1. The quantitative estimate of drug-likeness (QED) is 0.687. The van der Waals surface area contributed by atoms with E-state index in [2.05, 4.69) is 4.98 Å². The van der Waals surface area contributed by atoms with E-state index in [4.69, 9.17) is 10.5 Å². The summed E-state index contributed by atoms with van der Waals surface area (Å²) in [5.41, 5.74) is 6.68. The summed E-state index contributed by atoms with van der Waals surface area (Å²) in [4.78, 5) is 14.0. The minimum atomic E-state index is -0.819. The fourth-order valence-corrected chi connectivity index (χ4v) is 1.71. The van der Waals surface area contributed by atoms with Gasteiger partial charge in [-0.15, -0.1) is 0 Å². The second-order valence-corrected chi connectivity index (χ2v) is 4.32. The van der Waals surface area contributed by atoms with E-state index in [0.29, 0.717) is 16.8 Å². The first kappa shape index (κ1) is 13.7. The zero-order valence-corrected chi connectivity index (χ0v) is 10.9. The molecule has 104 valence electrons. The molecule has 2 rings (SSSR count). The van der Waals surface area contributed by atoms with Gasteiger partial charge in [0, 0.05) is 11.1 Å². The van der Waals surface area contributed by atoms with Crippen molar-refractivity contribution in [3.63, 3.8) is 0 Å². The molecule has 0 unspecified atom stereocenters. The van der Waals surface area contributed by atoms with Gasteiger partial charge in [0.15, 0.2) is 11.6 Å². The summed E-state index contributed by atoms with van der Waals surface area (Å²) >= 11 is 0. The Morgan fingerprint density at radius 3 is 2.60 bits per heavy atom. The zero-order chi connectivity index (χ0) is 14.9. The third-order valence-corrected chi connectivity index (χ3v) is 2.71. The van der Waals surface area contributed by atoms with E-state index in [1.54, 1.807) is 13.0 Å². The lowest BCUT2D eigenvalue weighted by atomic mass is 10.2. The van der Waals surface area contributed by atoms with Crippen molar-refractivity contribution in [1.82, 2.24) is 4.98 Å². The molecule has 0 aliphatic heterocycles. The van der Waals surface area contributed by atoms with E-state index in [1.165, 1.54) is 19.2 Å². The molecular weight excluding hydrogens is 265 g/mol. The van der Waals surface area contributed by atoms with E-state index >= 15 is 0 Å². The number of nitrogens with zero attached hydrogens (tertiary/aromatic N) is 2. The number of halogens is 1. The minimum Gasteiger partial charge on any atom is -0.436 e. The molecule has 1 heterocycles. The summed E-state index contributed by atoms with van der Waals surface area (Å²) in [7, 11) is 0. The van der Waals surface area contributed by atoms with Gasteiger partial charge in [0.25, 0.3) is 5.69 Å². The van der Waals surface area contributed by atoms with E-state index in [-0.39, 0.29) is 17.3 Å². The Bertz CT molecular complexity index is 689. The number of aromatic nitrogens is 1. The summed E-state index contributed by atoms with van der Waals surface area (Å²) in [5, 5.41) is 10.7. The lowest BCUT2D eigenvalue weighted by Crippen LogP contribution is -1.98. The van der Waals surface area contributed by atoms with Gasteiger partial charge in [-0.3, -0.25) is 10.1 Å². The first-order valence-corrected chi connectivity index (χ1v) is 5.73. The van der Waals surface area contributed by atoms with Crippen LogP contribution in [0.1, 0.15) is 11.1 Å². The average molecular weight is 277 g/mol. The SMILES string of the molecule is Cc1cc(Oc2ncc(N)cc2C)c(F)cc1[N+](=O)[O-]. The number of anilines is 1. The standard InChI is InChI=1S/C13H12FN3O3/c1-7-4-12(10(14)5-11(7)17(18)19)20-13-8(2)3-9(15)6-16-13/h3-6H,15H2,1-2H3. The Kier molecular flexibility index (Phi) is 3.51. The molecule has 1 aromatic heterocycles. The van der Waals surface area contributed by atoms with Crippen molar-refractivity contribution in [2.75, 3.05) is 5.73 Å². The largest absolute Gasteiger partial charge is 0.436 e. The van der Waals surface area contributed by atoms with Crippen LogP contribution in [0.4, 0.5) is 15.8 Å². The molecule has 6 nitrogen and oxygen atoms in total. The molecule has 0 bridgehead atoms. The Labute approximate surface area is 114 Å².